The first kappa shape index (κ1) is 17.6. The van der Waals surface area contributed by atoms with E-state index in [-0.39, 0.29) is 0 Å². The molecular weight excluding hydrogens is 280 g/mol. The van der Waals surface area contributed by atoms with Crippen molar-refractivity contribution < 1.29 is 29.3 Å². The Kier molecular flexibility index (Phi) is 10.2. The third-order valence-electron chi connectivity index (χ3n) is 2.01. The van der Waals surface area contributed by atoms with Gasteiger partial charge in [-0.2, -0.15) is 25.3 Å². The quantitative estimate of drug-likeness (QED) is 0.329. The number of hydrogen-bond acceptors (Lipinski definition) is 6. The molecule has 106 valence electrons. The number of carbonyl (C=O) groups is 2. The van der Waals surface area contributed by atoms with Gasteiger partial charge in [-0.15, -0.1) is 0 Å². The highest BCUT2D eigenvalue weighted by molar-refractivity contribution is 7.82. The summed E-state index contributed by atoms with van der Waals surface area (Å²) in [5.74, 6) is -1.93. The van der Waals surface area contributed by atoms with E-state index < -0.39 is 22.4 Å². The van der Waals surface area contributed by atoms with Crippen LogP contribution in [0.25, 0.3) is 0 Å². The average molecular weight is 298 g/mol. The minimum absolute atomic E-state index is 0.300. The van der Waals surface area contributed by atoms with Gasteiger partial charge < -0.3 is 19.7 Å². The molecule has 2 atom stereocenters. The van der Waals surface area contributed by atoms with Gasteiger partial charge in [0.1, 0.15) is 10.5 Å². The number of aliphatic carboxylic acids is 2. The van der Waals surface area contributed by atoms with Crippen molar-refractivity contribution in [2.45, 2.75) is 23.3 Å². The molecule has 0 bridgehead atoms. The fourth-order valence-electron chi connectivity index (χ4n) is 0.959. The van der Waals surface area contributed by atoms with E-state index >= 15 is 0 Å². The summed E-state index contributed by atoms with van der Waals surface area (Å²) in [6.45, 7) is 1.27. The van der Waals surface area contributed by atoms with Crippen LogP contribution in [0.4, 0.5) is 0 Å². The largest absolute Gasteiger partial charge is 0.480 e. The highest BCUT2D eigenvalue weighted by Gasteiger charge is 2.11. The van der Waals surface area contributed by atoms with Crippen LogP contribution in [0, 0.1) is 0 Å². The first-order valence-electron chi connectivity index (χ1n) is 5.42. The van der Waals surface area contributed by atoms with Gasteiger partial charge in [0.2, 0.25) is 0 Å². The number of carboxylic acid groups (broad SMARTS) is 2. The van der Waals surface area contributed by atoms with Crippen LogP contribution in [-0.4, -0.2) is 59.1 Å². The highest BCUT2D eigenvalue weighted by Crippen LogP contribution is 2.02. The van der Waals surface area contributed by atoms with E-state index in [9.17, 15) is 9.59 Å². The second-order valence-electron chi connectivity index (χ2n) is 3.51. The van der Waals surface area contributed by atoms with Crippen LogP contribution in [0.1, 0.15) is 12.8 Å². The van der Waals surface area contributed by atoms with Gasteiger partial charge in [-0.05, 0) is 12.8 Å². The standard InChI is InChI=1S/C10H18O6S2/c11-9(12)7(17)1-3-15-5-6-16-4-2-8(18)10(13)14/h7-8,17-18H,1-6H2,(H,11,12)(H,13,14). The molecule has 0 rings (SSSR count). The van der Waals surface area contributed by atoms with Gasteiger partial charge >= 0.3 is 11.9 Å². The van der Waals surface area contributed by atoms with Crippen molar-refractivity contribution >= 4 is 37.2 Å². The summed E-state index contributed by atoms with van der Waals surface area (Å²) in [5, 5.41) is 15.6. The first-order valence-corrected chi connectivity index (χ1v) is 6.45. The summed E-state index contributed by atoms with van der Waals surface area (Å²) >= 11 is 7.70. The topological polar surface area (TPSA) is 93.1 Å². The number of carboxylic acids is 2. The minimum atomic E-state index is -0.966. The molecule has 0 radical (unpaired) electrons. The highest BCUT2D eigenvalue weighted by atomic mass is 32.1. The van der Waals surface area contributed by atoms with Crippen LogP contribution in [0.5, 0.6) is 0 Å². The van der Waals surface area contributed by atoms with Crippen LogP contribution >= 0.6 is 25.3 Å². The molecule has 0 amide bonds. The lowest BCUT2D eigenvalue weighted by molar-refractivity contribution is -0.137. The molecule has 2 unspecified atom stereocenters. The number of rotatable bonds is 11. The molecule has 0 spiro atoms. The zero-order chi connectivity index (χ0) is 14.0. The van der Waals surface area contributed by atoms with Gasteiger partial charge in [-0.3, -0.25) is 9.59 Å². The van der Waals surface area contributed by atoms with Crippen LogP contribution < -0.4 is 0 Å². The molecule has 2 N–H and O–H groups in total. The van der Waals surface area contributed by atoms with Crippen LogP contribution in [0.3, 0.4) is 0 Å². The van der Waals surface area contributed by atoms with E-state index in [1.54, 1.807) is 0 Å². The summed E-state index contributed by atoms with van der Waals surface area (Å²) in [6, 6.07) is 0. The molecule has 0 aliphatic rings. The Balaban J connectivity index is 3.26. The molecule has 6 nitrogen and oxygen atoms in total. The van der Waals surface area contributed by atoms with Crippen molar-refractivity contribution in [2.75, 3.05) is 26.4 Å². The number of thiol groups is 2. The van der Waals surface area contributed by atoms with Crippen molar-refractivity contribution in [2.24, 2.45) is 0 Å². The lowest BCUT2D eigenvalue weighted by Gasteiger charge is -2.08. The molecular formula is C10H18O6S2. The van der Waals surface area contributed by atoms with Crippen molar-refractivity contribution in [3.8, 4) is 0 Å². The summed E-state index contributed by atoms with van der Waals surface area (Å²) in [4.78, 5) is 20.8. The predicted molar refractivity (Wildman–Crippen MR) is 71.7 cm³/mol. The maximum absolute atomic E-state index is 10.4. The van der Waals surface area contributed by atoms with Gasteiger partial charge in [-0.1, -0.05) is 0 Å². The smallest absolute Gasteiger partial charge is 0.316 e. The van der Waals surface area contributed by atoms with Gasteiger partial charge in [0.15, 0.2) is 0 Å². The molecule has 0 aliphatic carbocycles. The number of ether oxygens (including phenoxy) is 2. The van der Waals surface area contributed by atoms with E-state index in [2.05, 4.69) is 25.3 Å². The molecule has 18 heavy (non-hydrogen) atoms. The Hall–Kier alpha value is -0.440. The maximum atomic E-state index is 10.4. The Labute approximate surface area is 116 Å². The molecule has 0 aromatic rings. The van der Waals surface area contributed by atoms with E-state index in [1.165, 1.54) is 0 Å². The lowest BCUT2D eigenvalue weighted by Crippen LogP contribution is -2.18. The van der Waals surface area contributed by atoms with E-state index in [1.807, 2.05) is 0 Å². The summed E-state index contributed by atoms with van der Waals surface area (Å²) in [7, 11) is 0. The maximum Gasteiger partial charge on any atom is 0.316 e. The molecule has 0 aliphatic heterocycles. The molecule has 0 saturated heterocycles. The van der Waals surface area contributed by atoms with E-state index in [0.29, 0.717) is 39.3 Å². The van der Waals surface area contributed by atoms with Gasteiger partial charge in [-0.25, -0.2) is 0 Å². The third kappa shape index (κ3) is 9.58. The van der Waals surface area contributed by atoms with Crippen molar-refractivity contribution in [3.63, 3.8) is 0 Å². The normalized spacial score (nSPS) is 14.1. The summed E-state index contributed by atoms with van der Waals surface area (Å²) in [5.41, 5.74) is 0. The fourth-order valence-corrected chi connectivity index (χ4v) is 1.17. The molecule has 0 aromatic heterocycles. The third-order valence-corrected chi connectivity index (χ3v) is 2.97. The van der Waals surface area contributed by atoms with Gasteiger partial charge in [0.25, 0.3) is 0 Å². The second kappa shape index (κ2) is 10.5. The average Bonchev–Trinajstić information content (AvgIpc) is 2.31. The number of hydrogen-bond donors (Lipinski definition) is 4. The SMILES string of the molecule is O=C(O)C(S)CCOCCOCCC(S)C(=O)O. The molecule has 8 heteroatoms. The zero-order valence-corrected chi connectivity index (χ0v) is 11.6. The summed E-state index contributed by atoms with van der Waals surface area (Å²) < 4.78 is 10.3. The monoisotopic (exact) mass is 298 g/mol. The second-order valence-corrected chi connectivity index (χ2v) is 4.76. The van der Waals surface area contributed by atoms with Crippen LogP contribution in [-0.2, 0) is 19.1 Å². The van der Waals surface area contributed by atoms with E-state index in [0.717, 1.165) is 0 Å². The molecule has 0 aromatic carbocycles. The fraction of sp³-hybridized carbons (Fsp3) is 0.800. The molecule has 0 saturated carbocycles. The molecule has 0 fully saturated rings. The van der Waals surface area contributed by atoms with Crippen molar-refractivity contribution in [1.29, 1.82) is 0 Å². The Morgan fingerprint density at radius 2 is 1.17 bits per heavy atom. The molecule has 0 heterocycles. The van der Waals surface area contributed by atoms with Gasteiger partial charge in [0, 0.05) is 13.2 Å². The van der Waals surface area contributed by atoms with Crippen molar-refractivity contribution in [3.05, 3.63) is 0 Å². The summed E-state index contributed by atoms with van der Waals surface area (Å²) in [6.07, 6.45) is 0.659. The van der Waals surface area contributed by atoms with Crippen LogP contribution in [0.2, 0.25) is 0 Å². The first-order chi connectivity index (χ1) is 8.45. The van der Waals surface area contributed by atoms with Crippen molar-refractivity contribution in [1.82, 2.24) is 0 Å². The van der Waals surface area contributed by atoms with Crippen LogP contribution in [0.15, 0.2) is 0 Å². The Morgan fingerprint density at radius 1 is 0.833 bits per heavy atom. The Morgan fingerprint density at radius 3 is 1.44 bits per heavy atom. The Bertz CT molecular complexity index is 235. The minimum Gasteiger partial charge on any atom is -0.480 e. The zero-order valence-electron chi connectivity index (χ0n) is 9.82. The lowest BCUT2D eigenvalue weighted by atomic mass is 10.3. The predicted octanol–water partition coefficient (Wildman–Crippen LogP) is 0.566. The van der Waals surface area contributed by atoms with E-state index in [4.69, 9.17) is 19.7 Å². The van der Waals surface area contributed by atoms with Gasteiger partial charge in [0.05, 0.1) is 13.2 Å².